The predicted octanol–water partition coefficient (Wildman–Crippen LogP) is 5.08. The summed E-state index contributed by atoms with van der Waals surface area (Å²) >= 11 is 7.43. The van der Waals surface area contributed by atoms with Gasteiger partial charge in [0.25, 0.3) is 0 Å². The summed E-state index contributed by atoms with van der Waals surface area (Å²) in [5, 5.41) is 0.714. The zero-order valence-electron chi connectivity index (χ0n) is 15.2. The molecule has 138 valence electrons. The number of thioether (sulfide) groups is 1. The largest absolute Gasteiger partial charge is 0.372 e. The third kappa shape index (κ3) is 5.42. The summed E-state index contributed by atoms with van der Waals surface area (Å²) in [5.74, 6) is 0.564. The fourth-order valence-corrected chi connectivity index (χ4v) is 4.08. The summed E-state index contributed by atoms with van der Waals surface area (Å²) in [6, 6.07) is 16.2. The van der Waals surface area contributed by atoms with E-state index >= 15 is 0 Å². The minimum absolute atomic E-state index is 0.130. The molecule has 1 aliphatic heterocycles. The summed E-state index contributed by atoms with van der Waals surface area (Å²) in [6.45, 7) is 2.94. The molecule has 26 heavy (non-hydrogen) atoms. The highest BCUT2D eigenvalue weighted by molar-refractivity contribution is 8.00. The van der Waals surface area contributed by atoms with Crippen LogP contribution < -0.4 is 4.90 Å². The van der Waals surface area contributed by atoms with Crippen molar-refractivity contribution >= 4 is 35.0 Å². The molecule has 0 atom stereocenters. The maximum absolute atomic E-state index is 12.4. The van der Waals surface area contributed by atoms with Crippen molar-refractivity contribution in [2.45, 2.75) is 30.7 Å². The first-order valence-corrected chi connectivity index (χ1v) is 10.4. The Morgan fingerprint density at radius 3 is 2.35 bits per heavy atom. The molecule has 0 bridgehead atoms. The van der Waals surface area contributed by atoms with Gasteiger partial charge >= 0.3 is 0 Å². The number of carbonyl (C=O) groups is 1. The van der Waals surface area contributed by atoms with Crippen LogP contribution in [0.1, 0.15) is 24.8 Å². The van der Waals surface area contributed by atoms with Crippen LogP contribution in [0.15, 0.2) is 53.4 Å². The monoisotopic (exact) mass is 388 g/mol. The third-order valence-corrected chi connectivity index (χ3v) is 5.93. The Balaban J connectivity index is 1.49. The van der Waals surface area contributed by atoms with E-state index in [1.807, 2.05) is 31.3 Å². The van der Waals surface area contributed by atoms with Crippen LogP contribution in [-0.4, -0.2) is 36.7 Å². The first kappa shape index (κ1) is 19.1. The van der Waals surface area contributed by atoms with E-state index in [1.165, 1.54) is 24.9 Å². The van der Waals surface area contributed by atoms with Crippen LogP contribution >= 0.6 is 23.4 Å². The first-order valence-electron chi connectivity index (χ1n) is 9.08. The molecule has 0 unspecified atom stereocenters. The number of piperidine rings is 1. The Morgan fingerprint density at radius 2 is 1.69 bits per heavy atom. The van der Waals surface area contributed by atoms with Crippen molar-refractivity contribution in [1.82, 2.24) is 4.90 Å². The molecular weight excluding hydrogens is 364 g/mol. The standard InChI is InChI=1S/C21H25ClN2OS/c1-23(21(25)16-26-20-11-7-18(22)8-12-20)15-17-5-9-19(10-6-17)24-13-3-2-4-14-24/h5-12H,2-4,13-16H2,1H3. The van der Waals surface area contributed by atoms with Crippen molar-refractivity contribution in [3.63, 3.8) is 0 Å². The summed E-state index contributed by atoms with van der Waals surface area (Å²) in [4.78, 5) is 17.7. The maximum Gasteiger partial charge on any atom is 0.232 e. The Labute approximate surface area is 165 Å². The topological polar surface area (TPSA) is 23.6 Å². The molecule has 3 rings (SSSR count). The summed E-state index contributed by atoms with van der Waals surface area (Å²) in [6.07, 6.45) is 3.91. The zero-order valence-corrected chi connectivity index (χ0v) is 16.7. The van der Waals surface area contributed by atoms with Crippen LogP contribution in [-0.2, 0) is 11.3 Å². The fourth-order valence-electron chi connectivity index (χ4n) is 3.11. The number of amides is 1. The van der Waals surface area contributed by atoms with Crippen molar-refractivity contribution in [3.05, 3.63) is 59.1 Å². The number of nitrogens with zero attached hydrogens (tertiary/aromatic N) is 2. The van der Waals surface area contributed by atoms with E-state index in [0.29, 0.717) is 17.3 Å². The minimum Gasteiger partial charge on any atom is -0.372 e. The zero-order chi connectivity index (χ0) is 18.4. The molecule has 0 spiro atoms. The molecule has 1 amide bonds. The average molecular weight is 389 g/mol. The fraction of sp³-hybridized carbons (Fsp3) is 0.381. The van der Waals surface area contributed by atoms with Gasteiger partial charge in [-0.2, -0.15) is 0 Å². The van der Waals surface area contributed by atoms with Gasteiger partial charge in [0.15, 0.2) is 0 Å². The lowest BCUT2D eigenvalue weighted by molar-refractivity contribution is -0.127. The maximum atomic E-state index is 12.4. The van der Waals surface area contributed by atoms with Crippen LogP contribution in [0.25, 0.3) is 0 Å². The number of rotatable bonds is 6. The number of hydrogen-bond donors (Lipinski definition) is 0. The minimum atomic E-state index is 0.130. The molecule has 1 aliphatic rings. The van der Waals surface area contributed by atoms with Crippen molar-refractivity contribution in [1.29, 1.82) is 0 Å². The molecule has 0 radical (unpaired) electrons. The van der Waals surface area contributed by atoms with Gasteiger partial charge < -0.3 is 9.80 Å². The second kappa shape index (κ2) is 9.33. The lowest BCUT2D eigenvalue weighted by Gasteiger charge is -2.29. The summed E-state index contributed by atoms with van der Waals surface area (Å²) < 4.78 is 0. The summed E-state index contributed by atoms with van der Waals surface area (Å²) in [5.41, 5.74) is 2.46. The van der Waals surface area contributed by atoms with E-state index in [-0.39, 0.29) is 5.91 Å². The van der Waals surface area contributed by atoms with Gasteiger partial charge in [-0.1, -0.05) is 23.7 Å². The van der Waals surface area contributed by atoms with Crippen molar-refractivity contribution < 1.29 is 4.79 Å². The number of anilines is 1. The van der Waals surface area contributed by atoms with Gasteiger partial charge in [0.05, 0.1) is 5.75 Å². The Kier molecular flexibility index (Phi) is 6.86. The number of carbonyl (C=O) groups excluding carboxylic acids is 1. The lowest BCUT2D eigenvalue weighted by atomic mass is 10.1. The quantitative estimate of drug-likeness (QED) is 0.644. The van der Waals surface area contributed by atoms with Gasteiger partial charge in [-0.15, -0.1) is 11.8 Å². The smallest absolute Gasteiger partial charge is 0.232 e. The van der Waals surface area contributed by atoms with E-state index in [1.54, 1.807) is 16.7 Å². The van der Waals surface area contributed by atoms with Gasteiger partial charge in [-0.3, -0.25) is 4.79 Å². The van der Waals surface area contributed by atoms with Crippen LogP contribution in [0.2, 0.25) is 5.02 Å². The van der Waals surface area contributed by atoms with E-state index in [0.717, 1.165) is 23.5 Å². The molecule has 1 saturated heterocycles. The van der Waals surface area contributed by atoms with Crippen molar-refractivity contribution in [2.75, 3.05) is 30.8 Å². The highest BCUT2D eigenvalue weighted by atomic mass is 35.5. The van der Waals surface area contributed by atoms with Crippen molar-refractivity contribution in [3.8, 4) is 0 Å². The molecule has 0 aromatic heterocycles. The molecule has 0 aliphatic carbocycles. The lowest BCUT2D eigenvalue weighted by Crippen LogP contribution is -2.29. The normalized spacial score (nSPS) is 14.3. The highest BCUT2D eigenvalue weighted by Crippen LogP contribution is 2.22. The first-order chi connectivity index (χ1) is 12.6. The van der Waals surface area contributed by atoms with Crippen LogP contribution in [0, 0.1) is 0 Å². The molecule has 0 N–H and O–H groups in total. The number of halogens is 1. The van der Waals surface area contributed by atoms with E-state index < -0.39 is 0 Å². The third-order valence-electron chi connectivity index (χ3n) is 4.68. The molecule has 3 nitrogen and oxygen atoms in total. The van der Waals surface area contributed by atoms with Gasteiger partial charge in [-0.25, -0.2) is 0 Å². The second-order valence-corrected chi connectivity index (χ2v) is 8.19. The Morgan fingerprint density at radius 1 is 1.04 bits per heavy atom. The molecule has 0 saturated carbocycles. The van der Waals surface area contributed by atoms with Gasteiger partial charge in [0.2, 0.25) is 5.91 Å². The Bertz CT molecular complexity index is 712. The Hall–Kier alpha value is -1.65. The molecule has 1 heterocycles. The van der Waals surface area contributed by atoms with Gasteiger partial charge in [0.1, 0.15) is 0 Å². The van der Waals surface area contributed by atoms with Gasteiger partial charge in [0, 0.05) is 42.3 Å². The van der Waals surface area contributed by atoms with E-state index in [2.05, 4.69) is 29.2 Å². The van der Waals surface area contributed by atoms with E-state index in [4.69, 9.17) is 11.6 Å². The molecule has 5 heteroatoms. The van der Waals surface area contributed by atoms with Crippen LogP contribution in [0.5, 0.6) is 0 Å². The summed E-state index contributed by atoms with van der Waals surface area (Å²) in [7, 11) is 1.86. The number of benzene rings is 2. The number of hydrogen-bond acceptors (Lipinski definition) is 3. The SMILES string of the molecule is CN(Cc1ccc(N2CCCCC2)cc1)C(=O)CSc1ccc(Cl)cc1. The molecule has 1 fully saturated rings. The van der Waals surface area contributed by atoms with E-state index in [9.17, 15) is 4.79 Å². The van der Waals surface area contributed by atoms with Crippen LogP contribution in [0.4, 0.5) is 5.69 Å². The van der Waals surface area contributed by atoms with Gasteiger partial charge in [-0.05, 0) is 61.2 Å². The molecule has 2 aromatic rings. The van der Waals surface area contributed by atoms with Crippen LogP contribution in [0.3, 0.4) is 0 Å². The van der Waals surface area contributed by atoms with Crippen molar-refractivity contribution in [2.24, 2.45) is 0 Å². The second-order valence-electron chi connectivity index (χ2n) is 6.71. The molecule has 2 aromatic carbocycles. The highest BCUT2D eigenvalue weighted by Gasteiger charge is 2.12. The average Bonchev–Trinajstić information content (AvgIpc) is 2.68. The molecular formula is C21H25ClN2OS. The predicted molar refractivity (Wildman–Crippen MR) is 111 cm³/mol.